The lowest BCUT2D eigenvalue weighted by Gasteiger charge is -2.28. The van der Waals surface area contributed by atoms with Crippen molar-refractivity contribution >= 4 is 23.2 Å². The molecular weight excluding hydrogens is 380 g/mol. The summed E-state index contributed by atoms with van der Waals surface area (Å²) in [7, 11) is 0. The molecule has 0 N–H and O–H groups in total. The molecule has 3 unspecified atom stereocenters. The molecule has 5 rings (SSSR count). The molecule has 0 bridgehead atoms. The van der Waals surface area contributed by atoms with Crippen molar-refractivity contribution in [3.63, 3.8) is 0 Å². The largest absolute Gasteiger partial charge is 0.445 e. The third kappa shape index (κ3) is 2.91. The second-order valence-electron chi connectivity index (χ2n) is 7.15. The van der Waals surface area contributed by atoms with Crippen LogP contribution in [0.1, 0.15) is 23.9 Å². The van der Waals surface area contributed by atoms with Crippen molar-refractivity contribution in [2.45, 2.75) is 25.1 Å². The predicted octanol–water partition coefficient (Wildman–Crippen LogP) is 3.48. The molecule has 0 aliphatic carbocycles. The number of fused-ring (bicyclic) bond motifs is 2. The molecule has 4 heterocycles. The molecule has 144 valence electrons. The molecule has 0 saturated carbocycles. The third-order valence-corrected chi connectivity index (χ3v) is 5.83. The number of benzene rings is 1. The van der Waals surface area contributed by atoms with Crippen LogP contribution in [0.15, 0.2) is 48.9 Å². The number of aromatic nitrogens is 3. The lowest BCUT2D eigenvalue weighted by Crippen LogP contribution is -2.40. The molecule has 2 saturated heterocycles. The van der Waals surface area contributed by atoms with Crippen LogP contribution >= 0.6 is 11.6 Å². The maximum Gasteiger partial charge on any atom is 0.411 e. The Morgan fingerprint density at radius 2 is 2.11 bits per heavy atom. The molecule has 2 aliphatic rings. The van der Waals surface area contributed by atoms with E-state index in [1.54, 1.807) is 17.3 Å². The minimum atomic E-state index is -0.344. The topological polar surface area (TPSA) is 69.0 Å². The summed E-state index contributed by atoms with van der Waals surface area (Å²) < 4.78 is 13.2. The molecule has 7 nitrogen and oxygen atoms in total. The van der Waals surface area contributed by atoms with Gasteiger partial charge in [-0.2, -0.15) is 0 Å². The number of imidazole rings is 1. The quantitative estimate of drug-likeness (QED) is 0.675. The fourth-order valence-electron chi connectivity index (χ4n) is 4.20. The number of ether oxygens (including phenoxy) is 2. The summed E-state index contributed by atoms with van der Waals surface area (Å²) in [4.78, 5) is 23.5. The van der Waals surface area contributed by atoms with Crippen LogP contribution in [0, 0.1) is 5.92 Å². The Balaban J connectivity index is 1.44. The first-order chi connectivity index (χ1) is 13.7. The van der Waals surface area contributed by atoms with Crippen LogP contribution in [0.2, 0.25) is 5.15 Å². The fraction of sp³-hybridized carbons (Fsp3) is 0.350. The number of nitrogens with zero attached hydrogens (tertiary/aromatic N) is 4. The standard InChI is InChI=1S/C20H19ClN4O3/c21-18-16-9-23-19(24(16)7-6-22-18)15-8-14-11-27-12-17(14)25(15)20(26)28-10-13-4-2-1-3-5-13/h1-7,9,14-15,17H,8,10-12H2. The van der Waals surface area contributed by atoms with Crippen LogP contribution in [0.5, 0.6) is 0 Å². The lowest BCUT2D eigenvalue weighted by atomic mass is 10.0. The molecule has 0 spiro atoms. The Hall–Kier alpha value is -2.64. The number of carbonyl (C=O) groups is 1. The zero-order valence-electron chi connectivity index (χ0n) is 15.1. The molecule has 2 aliphatic heterocycles. The van der Waals surface area contributed by atoms with Crippen LogP contribution in [0.4, 0.5) is 4.79 Å². The number of carbonyl (C=O) groups excluding carboxylic acids is 1. The Morgan fingerprint density at radius 1 is 1.25 bits per heavy atom. The summed E-state index contributed by atoms with van der Waals surface area (Å²) in [6.07, 6.45) is 5.59. The fourth-order valence-corrected chi connectivity index (χ4v) is 4.40. The number of amides is 1. The Labute approximate surface area is 166 Å². The summed E-state index contributed by atoms with van der Waals surface area (Å²) in [5, 5.41) is 0.390. The number of likely N-dealkylation sites (tertiary alicyclic amines) is 1. The molecular formula is C20H19ClN4O3. The Bertz CT molecular complexity index is 1010. The highest BCUT2D eigenvalue weighted by Gasteiger charge is 2.49. The van der Waals surface area contributed by atoms with E-state index < -0.39 is 0 Å². The third-order valence-electron chi connectivity index (χ3n) is 5.54. The van der Waals surface area contributed by atoms with Gasteiger partial charge < -0.3 is 9.47 Å². The van der Waals surface area contributed by atoms with Gasteiger partial charge in [0.1, 0.15) is 17.9 Å². The van der Waals surface area contributed by atoms with Gasteiger partial charge >= 0.3 is 6.09 Å². The van der Waals surface area contributed by atoms with E-state index in [1.165, 1.54) is 0 Å². The van der Waals surface area contributed by atoms with Gasteiger partial charge in [-0.15, -0.1) is 0 Å². The molecule has 0 radical (unpaired) electrons. The first-order valence-electron chi connectivity index (χ1n) is 9.26. The van der Waals surface area contributed by atoms with E-state index in [-0.39, 0.29) is 30.7 Å². The molecule has 28 heavy (non-hydrogen) atoms. The van der Waals surface area contributed by atoms with Gasteiger partial charge in [-0.1, -0.05) is 41.9 Å². The smallest absolute Gasteiger partial charge is 0.411 e. The molecule has 2 aromatic heterocycles. The summed E-state index contributed by atoms with van der Waals surface area (Å²) in [5.74, 6) is 1.05. The van der Waals surface area contributed by atoms with Crippen molar-refractivity contribution in [2.24, 2.45) is 5.92 Å². The minimum absolute atomic E-state index is 0.00191. The van der Waals surface area contributed by atoms with E-state index in [4.69, 9.17) is 21.1 Å². The van der Waals surface area contributed by atoms with Crippen LogP contribution < -0.4 is 0 Å². The zero-order chi connectivity index (χ0) is 19.1. The maximum atomic E-state index is 13.0. The molecule has 3 atom stereocenters. The average molecular weight is 399 g/mol. The highest BCUT2D eigenvalue weighted by molar-refractivity contribution is 6.32. The van der Waals surface area contributed by atoms with Crippen molar-refractivity contribution < 1.29 is 14.3 Å². The van der Waals surface area contributed by atoms with Gasteiger partial charge in [0.05, 0.1) is 31.5 Å². The first-order valence-corrected chi connectivity index (χ1v) is 9.64. The zero-order valence-corrected chi connectivity index (χ0v) is 15.8. The normalized spacial score (nSPS) is 23.9. The summed E-state index contributed by atoms with van der Waals surface area (Å²) >= 11 is 6.19. The first kappa shape index (κ1) is 17.5. The highest BCUT2D eigenvalue weighted by atomic mass is 35.5. The van der Waals surface area contributed by atoms with Crippen LogP contribution in [-0.4, -0.2) is 44.6 Å². The van der Waals surface area contributed by atoms with Gasteiger partial charge in [0.25, 0.3) is 0 Å². The van der Waals surface area contributed by atoms with Crippen LogP contribution in [-0.2, 0) is 16.1 Å². The van der Waals surface area contributed by atoms with Gasteiger partial charge in [-0.25, -0.2) is 14.8 Å². The van der Waals surface area contributed by atoms with Crippen molar-refractivity contribution in [3.05, 3.63) is 65.5 Å². The molecule has 1 aromatic carbocycles. The predicted molar refractivity (Wildman–Crippen MR) is 102 cm³/mol. The molecule has 2 fully saturated rings. The number of hydrogen-bond acceptors (Lipinski definition) is 5. The van der Waals surface area contributed by atoms with Gasteiger partial charge in [-0.3, -0.25) is 9.30 Å². The molecule has 1 amide bonds. The monoisotopic (exact) mass is 398 g/mol. The summed E-state index contributed by atoms with van der Waals surface area (Å²) in [5.41, 5.74) is 1.68. The maximum absolute atomic E-state index is 13.0. The van der Waals surface area contributed by atoms with E-state index in [0.29, 0.717) is 18.4 Å². The van der Waals surface area contributed by atoms with Crippen LogP contribution in [0.3, 0.4) is 0 Å². The van der Waals surface area contributed by atoms with Gasteiger partial charge in [0, 0.05) is 18.3 Å². The van der Waals surface area contributed by atoms with E-state index >= 15 is 0 Å². The number of rotatable bonds is 3. The van der Waals surface area contributed by atoms with E-state index in [9.17, 15) is 4.79 Å². The second kappa shape index (κ2) is 7.07. The van der Waals surface area contributed by atoms with E-state index in [0.717, 1.165) is 23.3 Å². The van der Waals surface area contributed by atoms with Crippen molar-refractivity contribution in [1.82, 2.24) is 19.3 Å². The lowest BCUT2D eigenvalue weighted by molar-refractivity contribution is 0.0653. The van der Waals surface area contributed by atoms with E-state index in [1.807, 2.05) is 40.9 Å². The average Bonchev–Trinajstić information content (AvgIpc) is 3.41. The molecule has 3 aromatic rings. The van der Waals surface area contributed by atoms with Crippen molar-refractivity contribution in [3.8, 4) is 0 Å². The minimum Gasteiger partial charge on any atom is -0.445 e. The SMILES string of the molecule is O=C(OCc1ccccc1)N1C(c2ncc3c(Cl)nccn23)CC2COCC21. The number of halogens is 1. The Kier molecular flexibility index (Phi) is 4.41. The second-order valence-corrected chi connectivity index (χ2v) is 7.51. The summed E-state index contributed by atoms with van der Waals surface area (Å²) in [6.45, 7) is 1.40. The van der Waals surface area contributed by atoms with Gasteiger partial charge in [-0.05, 0) is 12.0 Å². The van der Waals surface area contributed by atoms with Gasteiger partial charge in [0.15, 0.2) is 5.15 Å². The van der Waals surface area contributed by atoms with Crippen LogP contribution in [0.25, 0.3) is 5.52 Å². The highest BCUT2D eigenvalue weighted by Crippen LogP contribution is 2.43. The summed E-state index contributed by atoms with van der Waals surface area (Å²) in [6, 6.07) is 9.47. The Morgan fingerprint density at radius 3 is 2.96 bits per heavy atom. The molecule has 8 heteroatoms. The van der Waals surface area contributed by atoms with Crippen molar-refractivity contribution in [1.29, 1.82) is 0 Å². The van der Waals surface area contributed by atoms with Crippen molar-refractivity contribution in [2.75, 3.05) is 13.2 Å². The van der Waals surface area contributed by atoms with E-state index in [2.05, 4.69) is 9.97 Å². The van der Waals surface area contributed by atoms with Gasteiger partial charge in [0.2, 0.25) is 0 Å². The number of hydrogen-bond donors (Lipinski definition) is 0.